The molecule has 90 valence electrons. The van der Waals surface area contributed by atoms with Crippen LogP contribution in [0.1, 0.15) is 19.0 Å². The Labute approximate surface area is 103 Å². The van der Waals surface area contributed by atoms with Gasteiger partial charge in [0.1, 0.15) is 0 Å². The van der Waals surface area contributed by atoms with Crippen LogP contribution in [0, 0.1) is 0 Å². The van der Waals surface area contributed by atoms with E-state index in [1.807, 2.05) is 5.38 Å². The molecule has 2 aromatic rings. The number of aromatic amines is 1. The van der Waals surface area contributed by atoms with Crippen molar-refractivity contribution in [2.24, 2.45) is 0 Å². The Morgan fingerprint density at radius 1 is 1.59 bits per heavy atom. The van der Waals surface area contributed by atoms with Crippen molar-refractivity contribution >= 4 is 17.3 Å². The Hall–Kier alpha value is -1.69. The first kappa shape index (κ1) is 11.8. The van der Waals surface area contributed by atoms with Crippen LogP contribution in [0.3, 0.4) is 0 Å². The van der Waals surface area contributed by atoms with E-state index >= 15 is 0 Å². The average molecular weight is 251 g/mol. The molecule has 2 rings (SSSR count). The van der Waals surface area contributed by atoms with Crippen LogP contribution < -0.4 is 0 Å². The number of aromatic nitrogens is 3. The van der Waals surface area contributed by atoms with Crippen LogP contribution in [-0.2, 0) is 16.0 Å². The molecule has 0 fully saturated rings. The van der Waals surface area contributed by atoms with Crippen molar-refractivity contribution in [3.63, 3.8) is 0 Å². The molecule has 0 amide bonds. The summed E-state index contributed by atoms with van der Waals surface area (Å²) in [5, 5.41) is 2.78. The fraction of sp³-hybridized carbons (Fsp3) is 0.364. The second-order valence-electron chi connectivity index (χ2n) is 3.39. The Kier molecular flexibility index (Phi) is 3.87. The van der Waals surface area contributed by atoms with Gasteiger partial charge in [-0.3, -0.25) is 4.79 Å². The number of ether oxygens (including phenoxy) is 1. The molecule has 0 aliphatic rings. The zero-order valence-electron chi connectivity index (χ0n) is 9.47. The zero-order valence-corrected chi connectivity index (χ0v) is 10.3. The van der Waals surface area contributed by atoms with E-state index in [9.17, 15) is 4.79 Å². The second-order valence-corrected chi connectivity index (χ2v) is 4.24. The van der Waals surface area contributed by atoms with Crippen LogP contribution in [-0.4, -0.2) is 27.5 Å². The molecule has 0 aliphatic heterocycles. The van der Waals surface area contributed by atoms with Crippen LogP contribution in [0.25, 0.3) is 10.8 Å². The number of hydrogen-bond donors (Lipinski definition) is 1. The minimum Gasteiger partial charge on any atom is -0.466 e. The molecule has 2 aromatic heterocycles. The van der Waals surface area contributed by atoms with Gasteiger partial charge in [-0.2, -0.15) is 0 Å². The van der Waals surface area contributed by atoms with Gasteiger partial charge in [-0.25, -0.2) is 9.97 Å². The summed E-state index contributed by atoms with van der Waals surface area (Å²) in [7, 11) is 0. The highest BCUT2D eigenvalue weighted by atomic mass is 32.1. The van der Waals surface area contributed by atoms with Crippen molar-refractivity contribution in [2.45, 2.75) is 19.8 Å². The smallest absolute Gasteiger partial charge is 0.306 e. The van der Waals surface area contributed by atoms with Crippen molar-refractivity contribution in [2.75, 3.05) is 6.61 Å². The molecule has 0 atom stereocenters. The third-order valence-electron chi connectivity index (χ3n) is 2.14. The van der Waals surface area contributed by atoms with Gasteiger partial charge in [-0.1, -0.05) is 0 Å². The number of carbonyl (C=O) groups is 1. The Morgan fingerprint density at radius 2 is 2.47 bits per heavy atom. The molecular formula is C11H13N3O2S. The number of nitrogens with one attached hydrogen (secondary N) is 1. The Balaban J connectivity index is 1.93. The van der Waals surface area contributed by atoms with E-state index < -0.39 is 0 Å². The largest absolute Gasteiger partial charge is 0.466 e. The normalized spacial score (nSPS) is 10.4. The van der Waals surface area contributed by atoms with Crippen LogP contribution >= 0.6 is 11.3 Å². The van der Waals surface area contributed by atoms with Crippen molar-refractivity contribution in [3.8, 4) is 10.8 Å². The van der Waals surface area contributed by atoms with E-state index in [-0.39, 0.29) is 5.97 Å². The summed E-state index contributed by atoms with van der Waals surface area (Å²) in [5.41, 5.74) is 0.898. The van der Waals surface area contributed by atoms with Gasteiger partial charge in [0.2, 0.25) is 0 Å². The molecule has 0 spiro atoms. The maximum Gasteiger partial charge on any atom is 0.306 e. The maximum atomic E-state index is 11.2. The molecular weight excluding hydrogens is 238 g/mol. The molecule has 0 bridgehead atoms. The van der Waals surface area contributed by atoms with E-state index in [0.29, 0.717) is 19.4 Å². The van der Waals surface area contributed by atoms with Gasteiger partial charge in [0, 0.05) is 24.2 Å². The number of carbonyl (C=O) groups excluding carboxylic acids is 1. The third-order valence-corrected chi connectivity index (χ3v) is 3.04. The minimum atomic E-state index is -0.181. The lowest BCUT2D eigenvalue weighted by atomic mass is 10.2. The van der Waals surface area contributed by atoms with E-state index in [2.05, 4.69) is 15.0 Å². The van der Waals surface area contributed by atoms with Crippen LogP contribution in [0.2, 0.25) is 0 Å². The van der Waals surface area contributed by atoms with Gasteiger partial charge >= 0.3 is 5.97 Å². The molecule has 0 aromatic carbocycles. The first-order chi connectivity index (χ1) is 8.29. The standard InChI is InChI=1S/C11H13N3O2S/c1-2-16-9(15)4-3-8-7-17-11(14-8)10-12-5-6-13-10/h5-7H,2-4H2,1H3,(H,12,13). The number of esters is 1. The molecule has 5 nitrogen and oxygen atoms in total. The minimum absolute atomic E-state index is 0.181. The Morgan fingerprint density at radius 3 is 3.18 bits per heavy atom. The van der Waals surface area contributed by atoms with Gasteiger partial charge < -0.3 is 9.72 Å². The molecule has 0 saturated heterocycles. The highest BCUT2D eigenvalue weighted by Gasteiger charge is 2.08. The highest BCUT2D eigenvalue weighted by molar-refractivity contribution is 7.13. The molecule has 1 N–H and O–H groups in total. The zero-order chi connectivity index (χ0) is 12.1. The van der Waals surface area contributed by atoms with Crippen molar-refractivity contribution in [1.29, 1.82) is 0 Å². The molecule has 6 heteroatoms. The lowest BCUT2D eigenvalue weighted by Crippen LogP contribution is -2.05. The van der Waals surface area contributed by atoms with E-state index in [0.717, 1.165) is 16.5 Å². The lowest BCUT2D eigenvalue weighted by molar-refractivity contribution is -0.143. The number of rotatable bonds is 5. The summed E-state index contributed by atoms with van der Waals surface area (Å²) in [6.45, 7) is 2.23. The van der Waals surface area contributed by atoms with Crippen molar-refractivity contribution < 1.29 is 9.53 Å². The van der Waals surface area contributed by atoms with Gasteiger partial charge in [0.05, 0.1) is 18.7 Å². The number of H-pyrrole nitrogens is 1. The van der Waals surface area contributed by atoms with Crippen LogP contribution in [0.15, 0.2) is 17.8 Å². The predicted octanol–water partition coefficient (Wildman–Crippen LogP) is 2.03. The van der Waals surface area contributed by atoms with E-state index in [4.69, 9.17) is 4.74 Å². The van der Waals surface area contributed by atoms with E-state index in [1.54, 1.807) is 19.3 Å². The summed E-state index contributed by atoms with van der Waals surface area (Å²) < 4.78 is 4.86. The lowest BCUT2D eigenvalue weighted by Gasteiger charge is -1.98. The first-order valence-corrected chi connectivity index (χ1v) is 6.27. The molecule has 0 unspecified atom stereocenters. The number of aryl methyl sites for hydroxylation is 1. The quantitative estimate of drug-likeness (QED) is 0.826. The monoisotopic (exact) mass is 251 g/mol. The summed E-state index contributed by atoms with van der Waals surface area (Å²) in [6, 6.07) is 0. The number of nitrogens with zero attached hydrogens (tertiary/aromatic N) is 2. The summed E-state index contributed by atoms with van der Waals surface area (Å²) in [4.78, 5) is 22.7. The van der Waals surface area contributed by atoms with Gasteiger partial charge in [0.15, 0.2) is 10.8 Å². The molecule has 0 saturated carbocycles. The first-order valence-electron chi connectivity index (χ1n) is 5.39. The maximum absolute atomic E-state index is 11.2. The van der Waals surface area contributed by atoms with Crippen LogP contribution in [0.5, 0.6) is 0 Å². The number of hydrogen-bond acceptors (Lipinski definition) is 5. The highest BCUT2D eigenvalue weighted by Crippen LogP contribution is 2.20. The third kappa shape index (κ3) is 3.13. The fourth-order valence-electron chi connectivity index (χ4n) is 1.38. The summed E-state index contributed by atoms with van der Waals surface area (Å²) >= 11 is 1.52. The molecule has 0 radical (unpaired) electrons. The second kappa shape index (κ2) is 5.58. The SMILES string of the molecule is CCOC(=O)CCc1csc(-c2ncc[nH]2)n1. The Bertz CT molecular complexity index is 479. The fourth-order valence-corrected chi connectivity index (χ4v) is 2.19. The summed E-state index contributed by atoms with van der Waals surface area (Å²) in [6.07, 6.45) is 4.43. The van der Waals surface area contributed by atoms with Crippen molar-refractivity contribution in [1.82, 2.24) is 15.0 Å². The van der Waals surface area contributed by atoms with Gasteiger partial charge in [-0.05, 0) is 6.92 Å². The van der Waals surface area contributed by atoms with E-state index in [1.165, 1.54) is 11.3 Å². The average Bonchev–Trinajstić information content (AvgIpc) is 2.97. The topological polar surface area (TPSA) is 67.9 Å². The summed E-state index contributed by atoms with van der Waals surface area (Å²) in [5.74, 6) is 0.581. The molecule has 0 aliphatic carbocycles. The predicted molar refractivity (Wildman–Crippen MR) is 64.6 cm³/mol. The molecule has 17 heavy (non-hydrogen) atoms. The number of imidazole rings is 1. The molecule has 2 heterocycles. The van der Waals surface area contributed by atoms with Crippen LogP contribution in [0.4, 0.5) is 0 Å². The van der Waals surface area contributed by atoms with Gasteiger partial charge in [0.25, 0.3) is 0 Å². The van der Waals surface area contributed by atoms with Crippen molar-refractivity contribution in [3.05, 3.63) is 23.5 Å². The number of thiazole rings is 1. The van der Waals surface area contributed by atoms with Gasteiger partial charge in [-0.15, -0.1) is 11.3 Å².